The lowest BCUT2D eigenvalue weighted by Gasteiger charge is -2.09. The van der Waals surface area contributed by atoms with Crippen molar-refractivity contribution in [2.45, 2.75) is 0 Å². The molecule has 23 heavy (non-hydrogen) atoms. The zero-order valence-electron chi connectivity index (χ0n) is 12.6. The number of aromatic nitrogens is 4. The van der Waals surface area contributed by atoms with Gasteiger partial charge >= 0.3 is 0 Å². The van der Waals surface area contributed by atoms with E-state index in [1.807, 2.05) is 43.6 Å². The van der Waals surface area contributed by atoms with Gasteiger partial charge in [-0.1, -0.05) is 11.6 Å². The van der Waals surface area contributed by atoms with Crippen LogP contribution in [-0.2, 0) is 7.05 Å². The van der Waals surface area contributed by atoms with Crippen LogP contribution in [0.5, 0.6) is 5.75 Å². The number of methoxy groups -OCH3 is 1. The number of rotatable bonds is 2. The van der Waals surface area contributed by atoms with E-state index < -0.39 is 0 Å². The molecule has 0 N–H and O–H groups in total. The molecule has 114 valence electrons. The molecule has 0 spiro atoms. The Morgan fingerprint density at radius 3 is 2.61 bits per heavy atom. The average molecular weight is 325 g/mol. The first kappa shape index (κ1) is 14.0. The van der Waals surface area contributed by atoms with Gasteiger partial charge in [-0.3, -0.25) is 4.68 Å². The number of aryl methyl sites for hydroxylation is 1. The van der Waals surface area contributed by atoms with Gasteiger partial charge in [0.05, 0.1) is 29.4 Å². The van der Waals surface area contributed by atoms with Crippen LogP contribution in [-0.4, -0.2) is 26.9 Å². The van der Waals surface area contributed by atoms with Crippen LogP contribution in [0.25, 0.3) is 33.2 Å². The van der Waals surface area contributed by atoms with Gasteiger partial charge in [-0.25, -0.2) is 9.97 Å². The highest BCUT2D eigenvalue weighted by Gasteiger charge is 2.12. The van der Waals surface area contributed by atoms with E-state index >= 15 is 0 Å². The maximum atomic E-state index is 5.92. The van der Waals surface area contributed by atoms with Crippen molar-refractivity contribution in [1.29, 1.82) is 0 Å². The Hall–Kier alpha value is -2.66. The number of nitrogens with zero attached hydrogens (tertiary/aromatic N) is 4. The van der Waals surface area contributed by atoms with E-state index in [4.69, 9.17) is 16.3 Å². The number of ether oxygens (including phenoxy) is 1. The van der Waals surface area contributed by atoms with Crippen LogP contribution in [0.2, 0.25) is 5.15 Å². The minimum atomic E-state index is 0.460. The van der Waals surface area contributed by atoms with E-state index in [0.29, 0.717) is 5.15 Å². The fourth-order valence-corrected chi connectivity index (χ4v) is 2.83. The zero-order valence-corrected chi connectivity index (χ0v) is 13.4. The average Bonchev–Trinajstić information content (AvgIpc) is 2.92. The summed E-state index contributed by atoms with van der Waals surface area (Å²) in [6, 6.07) is 11.4. The summed E-state index contributed by atoms with van der Waals surface area (Å²) in [5.41, 5.74) is 4.19. The molecule has 0 bridgehead atoms. The van der Waals surface area contributed by atoms with E-state index in [9.17, 15) is 0 Å². The molecule has 0 radical (unpaired) electrons. The normalized spacial score (nSPS) is 11.3. The predicted molar refractivity (Wildman–Crippen MR) is 90.8 cm³/mol. The molecule has 0 aliphatic carbocycles. The molecule has 0 saturated heterocycles. The standard InChI is InChI=1S/C17H13ClN4O/c1-22-9-10-7-11(16(23-2)8-15(10)21-22)12-3-4-14-13(19-12)5-6-17(18)20-14/h3-9H,1-2H3. The molecule has 0 fully saturated rings. The fourth-order valence-electron chi connectivity index (χ4n) is 2.68. The first-order valence-electron chi connectivity index (χ1n) is 7.09. The third-order valence-corrected chi connectivity index (χ3v) is 3.94. The van der Waals surface area contributed by atoms with Crippen LogP contribution in [0.15, 0.2) is 42.6 Å². The number of benzene rings is 1. The van der Waals surface area contributed by atoms with Crippen molar-refractivity contribution in [1.82, 2.24) is 19.7 Å². The molecule has 0 atom stereocenters. The zero-order chi connectivity index (χ0) is 16.0. The molecule has 0 aliphatic heterocycles. The maximum absolute atomic E-state index is 5.92. The van der Waals surface area contributed by atoms with Crippen molar-refractivity contribution in [3.8, 4) is 17.0 Å². The van der Waals surface area contributed by atoms with Crippen LogP contribution in [0.4, 0.5) is 0 Å². The third kappa shape index (κ3) is 2.39. The van der Waals surface area contributed by atoms with Gasteiger partial charge in [-0.15, -0.1) is 0 Å². The number of fused-ring (bicyclic) bond motifs is 2. The highest BCUT2D eigenvalue weighted by atomic mass is 35.5. The highest BCUT2D eigenvalue weighted by molar-refractivity contribution is 6.29. The molecule has 3 heterocycles. The van der Waals surface area contributed by atoms with Crippen LogP contribution >= 0.6 is 11.6 Å². The lowest BCUT2D eigenvalue weighted by atomic mass is 10.1. The molecular formula is C17H13ClN4O. The van der Waals surface area contributed by atoms with Gasteiger partial charge in [-0.2, -0.15) is 5.10 Å². The fraction of sp³-hybridized carbons (Fsp3) is 0.118. The van der Waals surface area contributed by atoms with E-state index in [2.05, 4.69) is 15.1 Å². The predicted octanol–water partition coefficient (Wildman–Crippen LogP) is 3.85. The van der Waals surface area contributed by atoms with Crippen molar-refractivity contribution in [2.24, 2.45) is 7.05 Å². The maximum Gasteiger partial charge on any atom is 0.130 e. The Balaban J connectivity index is 1.94. The van der Waals surface area contributed by atoms with Gasteiger partial charge in [0, 0.05) is 30.3 Å². The van der Waals surface area contributed by atoms with Crippen LogP contribution in [0, 0.1) is 0 Å². The largest absolute Gasteiger partial charge is 0.496 e. The van der Waals surface area contributed by atoms with Gasteiger partial charge in [0.2, 0.25) is 0 Å². The van der Waals surface area contributed by atoms with Crippen LogP contribution in [0.3, 0.4) is 0 Å². The van der Waals surface area contributed by atoms with Gasteiger partial charge in [0.1, 0.15) is 10.9 Å². The molecule has 1 aromatic carbocycles. The summed E-state index contributed by atoms with van der Waals surface area (Å²) in [4.78, 5) is 8.95. The lowest BCUT2D eigenvalue weighted by Crippen LogP contribution is -1.92. The summed E-state index contributed by atoms with van der Waals surface area (Å²) in [5, 5.41) is 5.91. The van der Waals surface area contributed by atoms with Crippen molar-refractivity contribution in [2.75, 3.05) is 7.11 Å². The monoisotopic (exact) mass is 324 g/mol. The van der Waals surface area contributed by atoms with E-state index in [1.54, 1.807) is 17.9 Å². The van der Waals surface area contributed by atoms with E-state index in [0.717, 1.165) is 38.9 Å². The Bertz CT molecular complexity index is 1040. The Labute approximate surface area is 137 Å². The summed E-state index contributed by atoms with van der Waals surface area (Å²) in [5.74, 6) is 0.741. The molecule has 6 heteroatoms. The molecule has 3 aromatic heterocycles. The molecule has 4 rings (SSSR count). The summed E-state index contributed by atoms with van der Waals surface area (Å²) in [6.07, 6.45) is 1.97. The van der Waals surface area contributed by atoms with Crippen molar-refractivity contribution in [3.63, 3.8) is 0 Å². The SMILES string of the molecule is COc1cc2nn(C)cc2cc1-c1ccc2nc(Cl)ccc2n1. The van der Waals surface area contributed by atoms with Gasteiger partial charge in [0.15, 0.2) is 0 Å². The van der Waals surface area contributed by atoms with Crippen molar-refractivity contribution >= 4 is 33.5 Å². The minimum absolute atomic E-state index is 0.460. The number of hydrogen-bond acceptors (Lipinski definition) is 4. The first-order valence-corrected chi connectivity index (χ1v) is 7.47. The van der Waals surface area contributed by atoms with Crippen LogP contribution < -0.4 is 4.74 Å². The number of halogens is 1. The summed E-state index contributed by atoms with van der Waals surface area (Å²) in [6.45, 7) is 0. The van der Waals surface area contributed by atoms with E-state index in [-0.39, 0.29) is 0 Å². The second-order valence-corrected chi connectivity index (χ2v) is 5.67. The molecule has 0 saturated carbocycles. The molecule has 0 unspecified atom stereocenters. The number of pyridine rings is 2. The van der Waals surface area contributed by atoms with Gasteiger partial charge < -0.3 is 4.74 Å². The lowest BCUT2D eigenvalue weighted by molar-refractivity contribution is 0.417. The Morgan fingerprint density at radius 2 is 1.78 bits per heavy atom. The molecule has 4 aromatic rings. The topological polar surface area (TPSA) is 52.8 Å². The highest BCUT2D eigenvalue weighted by Crippen LogP contribution is 2.33. The summed E-state index contributed by atoms with van der Waals surface area (Å²) in [7, 11) is 3.55. The van der Waals surface area contributed by atoms with Gasteiger partial charge in [0.25, 0.3) is 0 Å². The second-order valence-electron chi connectivity index (χ2n) is 5.28. The van der Waals surface area contributed by atoms with E-state index in [1.165, 1.54) is 0 Å². The first-order chi connectivity index (χ1) is 11.1. The van der Waals surface area contributed by atoms with Crippen molar-refractivity contribution in [3.05, 3.63) is 47.7 Å². The smallest absolute Gasteiger partial charge is 0.130 e. The summed E-state index contributed by atoms with van der Waals surface area (Å²) < 4.78 is 7.31. The number of hydrogen-bond donors (Lipinski definition) is 0. The third-order valence-electron chi connectivity index (χ3n) is 3.72. The summed E-state index contributed by atoms with van der Waals surface area (Å²) >= 11 is 5.92. The van der Waals surface area contributed by atoms with Crippen LogP contribution in [0.1, 0.15) is 0 Å². The Morgan fingerprint density at radius 1 is 1.00 bits per heavy atom. The molecule has 0 amide bonds. The second kappa shape index (κ2) is 5.21. The molecule has 5 nitrogen and oxygen atoms in total. The van der Waals surface area contributed by atoms with Crippen molar-refractivity contribution < 1.29 is 4.74 Å². The molecule has 0 aliphatic rings. The Kier molecular flexibility index (Phi) is 3.16. The van der Waals surface area contributed by atoms with Gasteiger partial charge in [-0.05, 0) is 30.3 Å². The quantitative estimate of drug-likeness (QED) is 0.526. The minimum Gasteiger partial charge on any atom is -0.496 e. The molecular weight excluding hydrogens is 312 g/mol.